The van der Waals surface area contributed by atoms with Crippen LogP contribution in [0.25, 0.3) is 22.6 Å². The number of rotatable bonds is 4. The molecule has 1 unspecified atom stereocenters. The number of hydrogen-bond donors (Lipinski definition) is 1. The Balaban J connectivity index is 1.47. The number of likely N-dealkylation sites (tertiary alicyclic amines) is 1. The van der Waals surface area contributed by atoms with E-state index < -0.39 is 0 Å². The van der Waals surface area contributed by atoms with Gasteiger partial charge in [-0.05, 0) is 25.5 Å². The van der Waals surface area contributed by atoms with Gasteiger partial charge in [0.2, 0.25) is 0 Å². The maximum Gasteiger partial charge on any atom is 0.409 e. The van der Waals surface area contributed by atoms with Crippen molar-refractivity contribution in [3.63, 3.8) is 0 Å². The summed E-state index contributed by atoms with van der Waals surface area (Å²) < 4.78 is 18.4. The van der Waals surface area contributed by atoms with Gasteiger partial charge in [-0.1, -0.05) is 12.1 Å². The molecule has 0 spiro atoms. The zero-order valence-electron chi connectivity index (χ0n) is 15.4. The fraction of sp³-hybridized carbons (Fsp3) is 0.300. The molecule has 1 amide bonds. The average molecular weight is 381 g/mol. The van der Waals surface area contributed by atoms with Gasteiger partial charge in [0.25, 0.3) is 0 Å². The molecule has 0 bridgehead atoms. The smallest absolute Gasteiger partial charge is 0.409 e. The lowest BCUT2D eigenvalue weighted by Gasteiger charge is -2.14. The van der Waals surface area contributed by atoms with Gasteiger partial charge < -0.3 is 14.6 Å². The van der Waals surface area contributed by atoms with E-state index in [1.165, 1.54) is 12.1 Å². The summed E-state index contributed by atoms with van der Waals surface area (Å²) in [7, 11) is 0. The van der Waals surface area contributed by atoms with Crippen molar-refractivity contribution in [1.82, 2.24) is 24.8 Å². The number of benzene rings is 1. The molecule has 3 heterocycles. The van der Waals surface area contributed by atoms with Crippen LogP contribution in [0.15, 0.2) is 42.9 Å². The third-order valence-electron chi connectivity index (χ3n) is 4.73. The Morgan fingerprint density at radius 1 is 1.32 bits per heavy atom. The molecule has 0 aliphatic carbocycles. The molecule has 1 atom stereocenters. The summed E-state index contributed by atoms with van der Waals surface area (Å²) in [4.78, 5) is 30.1. The SMILES string of the molecule is CCOC(=O)N1CCC(c2nc(-c3cnc(-c4cccc(F)c4)nc3)c[nH]2)C1. The summed E-state index contributed by atoms with van der Waals surface area (Å²) >= 11 is 0. The van der Waals surface area contributed by atoms with Gasteiger partial charge in [-0.3, -0.25) is 0 Å². The van der Waals surface area contributed by atoms with Crippen LogP contribution in [0.2, 0.25) is 0 Å². The predicted octanol–water partition coefficient (Wildman–Crippen LogP) is 3.62. The van der Waals surface area contributed by atoms with Crippen molar-refractivity contribution in [1.29, 1.82) is 0 Å². The Bertz CT molecular complexity index is 973. The normalized spacial score (nSPS) is 16.4. The molecule has 0 radical (unpaired) electrons. The number of hydrogen-bond acceptors (Lipinski definition) is 5. The number of aromatic amines is 1. The minimum absolute atomic E-state index is 0.144. The minimum Gasteiger partial charge on any atom is -0.450 e. The molecule has 28 heavy (non-hydrogen) atoms. The van der Waals surface area contributed by atoms with Crippen molar-refractivity contribution >= 4 is 6.09 Å². The number of nitrogens with zero attached hydrogens (tertiary/aromatic N) is 4. The molecule has 1 fully saturated rings. The van der Waals surface area contributed by atoms with Crippen LogP contribution in [-0.2, 0) is 4.74 Å². The number of imidazole rings is 1. The lowest BCUT2D eigenvalue weighted by molar-refractivity contribution is 0.115. The summed E-state index contributed by atoms with van der Waals surface area (Å²) in [6.07, 6.45) is 5.71. The van der Waals surface area contributed by atoms with Crippen LogP contribution >= 0.6 is 0 Å². The molecule has 144 valence electrons. The number of H-pyrrole nitrogens is 1. The van der Waals surface area contributed by atoms with Crippen molar-refractivity contribution in [3.8, 4) is 22.6 Å². The summed E-state index contributed by atoms with van der Waals surface area (Å²) in [6, 6.07) is 6.18. The summed E-state index contributed by atoms with van der Waals surface area (Å²) in [5.74, 6) is 1.11. The lowest BCUT2D eigenvalue weighted by atomic mass is 10.1. The Labute approximate surface area is 161 Å². The minimum atomic E-state index is -0.324. The Morgan fingerprint density at radius 3 is 2.89 bits per heavy atom. The number of aromatic nitrogens is 4. The number of carbonyl (C=O) groups excluding carboxylic acids is 1. The van der Waals surface area contributed by atoms with Crippen molar-refractivity contribution < 1.29 is 13.9 Å². The van der Waals surface area contributed by atoms with Gasteiger partial charge >= 0.3 is 6.09 Å². The molecule has 1 N–H and O–H groups in total. The Morgan fingerprint density at radius 2 is 2.14 bits per heavy atom. The summed E-state index contributed by atoms with van der Waals surface area (Å²) in [6.45, 7) is 3.41. The first kappa shape index (κ1) is 18.1. The van der Waals surface area contributed by atoms with Gasteiger partial charge in [0, 0.05) is 48.7 Å². The Kier molecular flexibility index (Phi) is 5.01. The van der Waals surface area contributed by atoms with Gasteiger partial charge in [0.1, 0.15) is 11.6 Å². The Hall–Kier alpha value is -3.29. The highest BCUT2D eigenvalue weighted by Gasteiger charge is 2.30. The molecule has 1 aliphatic heterocycles. The maximum absolute atomic E-state index is 13.4. The van der Waals surface area contributed by atoms with Gasteiger partial charge in [-0.15, -0.1) is 0 Å². The molecule has 1 saturated heterocycles. The zero-order chi connectivity index (χ0) is 19.5. The van der Waals surface area contributed by atoms with E-state index in [0.717, 1.165) is 23.5 Å². The van der Waals surface area contributed by atoms with E-state index in [4.69, 9.17) is 4.74 Å². The van der Waals surface area contributed by atoms with E-state index in [0.29, 0.717) is 31.1 Å². The highest BCUT2D eigenvalue weighted by Crippen LogP contribution is 2.27. The second kappa shape index (κ2) is 7.75. The molecule has 8 heteroatoms. The number of ether oxygens (including phenoxy) is 1. The number of carbonyl (C=O) groups is 1. The lowest BCUT2D eigenvalue weighted by Crippen LogP contribution is -2.29. The second-order valence-electron chi connectivity index (χ2n) is 6.61. The summed E-state index contributed by atoms with van der Waals surface area (Å²) in [5, 5.41) is 0. The first-order valence-corrected chi connectivity index (χ1v) is 9.19. The topological polar surface area (TPSA) is 84.0 Å². The highest BCUT2D eigenvalue weighted by molar-refractivity contribution is 5.68. The zero-order valence-corrected chi connectivity index (χ0v) is 15.4. The van der Waals surface area contributed by atoms with Crippen molar-refractivity contribution in [2.75, 3.05) is 19.7 Å². The third kappa shape index (κ3) is 3.71. The molecule has 7 nitrogen and oxygen atoms in total. The van der Waals surface area contributed by atoms with E-state index in [9.17, 15) is 9.18 Å². The van der Waals surface area contributed by atoms with Crippen molar-refractivity contribution in [2.45, 2.75) is 19.3 Å². The van der Waals surface area contributed by atoms with Crippen LogP contribution in [0, 0.1) is 5.82 Å². The van der Waals surface area contributed by atoms with E-state index in [1.807, 2.05) is 6.20 Å². The molecule has 2 aromatic heterocycles. The molecular weight excluding hydrogens is 361 g/mol. The van der Waals surface area contributed by atoms with Gasteiger partial charge in [0.05, 0.1) is 12.3 Å². The largest absolute Gasteiger partial charge is 0.450 e. The molecular formula is C20H20FN5O2. The van der Waals surface area contributed by atoms with Crippen molar-refractivity contribution in [2.24, 2.45) is 0 Å². The van der Waals surface area contributed by atoms with E-state index in [-0.39, 0.29) is 17.8 Å². The number of amides is 1. The first-order valence-electron chi connectivity index (χ1n) is 9.19. The second-order valence-corrected chi connectivity index (χ2v) is 6.61. The quantitative estimate of drug-likeness (QED) is 0.746. The van der Waals surface area contributed by atoms with Crippen LogP contribution in [0.3, 0.4) is 0 Å². The monoisotopic (exact) mass is 381 g/mol. The number of nitrogens with one attached hydrogen (secondary N) is 1. The highest BCUT2D eigenvalue weighted by atomic mass is 19.1. The number of halogens is 1. The first-order chi connectivity index (χ1) is 13.6. The predicted molar refractivity (Wildman–Crippen MR) is 101 cm³/mol. The van der Waals surface area contributed by atoms with Crippen LogP contribution in [0.1, 0.15) is 25.1 Å². The fourth-order valence-electron chi connectivity index (χ4n) is 3.29. The van der Waals surface area contributed by atoms with Crippen molar-refractivity contribution in [3.05, 3.63) is 54.5 Å². The average Bonchev–Trinajstić information content (AvgIpc) is 3.38. The molecule has 4 rings (SSSR count). The molecule has 3 aromatic rings. The van der Waals surface area contributed by atoms with Crippen LogP contribution in [-0.4, -0.2) is 50.6 Å². The summed E-state index contributed by atoms with van der Waals surface area (Å²) in [5.41, 5.74) is 2.12. The van der Waals surface area contributed by atoms with Crippen LogP contribution in [0.4, 0.5) is 9.18 Å². The van der Waals surface area contributed by atoms with Gasteiger partial charge in [-0.2, -0.15) is 0 Å². The van der Waals surface area contributed by atoms with Gasteiger partial charge in [0.15, 0.2) is 5.82 Å². The standard InChI is InChI=1S/C20H20FN5O2/c1-2-28-20(27)26-7-6-14(12-26)19-24-11-17(25-19)15-9-22-18(23-10-15)13-4-3-5-16(21)8-13/h3-5,8-11,14H,2,6-7,12H2,1H3,(H,24,25). The van der Waals surface area contributed by atoms with Gasteiger partial charge in [-0.25, -0.2) is 24.1 Å². The fourth-order valence-corrected chi connectivity index (χ4v) is 3.29. The van der Waals surface area contributed by atoms with E-state index in [1.54, 1.807) is 36.4 Å². The molecule has 1 aromatic carbocycles. The van der Waals surface area contributed by atoms with E-state index in [2.05, 4.69) is 19.9 Å². The third-order valence-corrected chi connectivity index (χ3v) is 4.73. The molecule has 1 aliphatic rings. The van der Waals surface area contributed by atoms with E-state index >= 15 is 0 Å². The van der Waals surface area contributed by atoms with Crippen LogP contribution < -0.4 is 0 Å². The van der Waals surface area contributed by atoms with Crippen LogP contribution in [0.5, 0.6) is 0 Å². The molecule has 0 saturated carbocycles. The maximum atomic E-state index is 13.4.